The van der Waals surface area contributed by atoms with Crippen LogP contribution in [0.5, 0.6) is 0 Å². The van der Waals surface area contributed by atoms with Gasteiger partial charge in [-0.2, -0.15) is 4.98 Å². The summed E-state index contributed by atoms with van der Waals surface area (Å²) in [7, 11) is 0. The standard InChI is InChI=1S/C27H48IN3O4/c1-3-4-5-6-7-8-9-10-11-12-13-14-15-16-19-33-24-20-23(21-34-22(2)28)35-26(24)31-18-17-25(29)30-27(31)32/h17-18,22-24,26H,3-16,19-21H2,1-2H3,(H2,29,30,32)/t22?,23-,24?,26+/m0/s1. The van der Waals surface area contributed by atoms with Crippen molar-refractivity contribution in [3.63, 3.8) is 0 Å². The predicted molar refractivity (Wildman–Crippen MR) is 151 cm³/mol. The molecule has 2 rings (SSSR count). The molecule has 8 heteroatoms. The topological polar surface area (TPSA) is 88.6 Å². The van der Waals surface area contributed by atoms with Crippen molar-refractivity contribution in [3.05, 3.63) is 22.7 Å². The van der Waals surface area contributed by atoms with Crippen LogP contribution >= 0.6 is 22.6 Å². The third-order valence-corrected chi connectivity index (χ3v) is 6.97. The van der Waals surface area contributed by atoms with E-state index in [2.05, 4.69) is 34.5 Å². The summed E-state index contributed by atoms with van der Waals surface area (Å²) in [5.74, 6) is 0.211. The van der Waals surface area contributed by atoms with E-state index in [9.17, 15) is 4.79 Å². The average molecular weight is 606 g/mol. The first-order valence-corrected chi connectivity index (χ1v) is 15.1. The van der Waals surface area contributed by atoms with Crippen LogP contribution in [0.1, 0.15) is 116 Å². The van der Waals surface area contributed by atoms with Crippen LogP contribution in [0, 0.1) is 0 Å². The van der Waals surface area contributed by atoms with Crippen LogP contribution in [0.4, 0.5) is 5.82 Å². The largest absolute Gasteiger partial charge is 0.383 e. The van der Waals surface area contributed by atoms with Crippen LogP contribution in [0.3, 0.4) is 0 Å². The van der Waals surface area contributed by atoms with Crippen LogP contribution in [0.2, 0.25) is 0 Å². The third-order valence-electron chi connectivity index (χ3n) is 6.61. The van der Waals surface area contributed by atoms with Gasteiger partial charge in [0, 0.05) is 19.2 Å². The van der Waals surface area contributed by atoms with Crippen molar-refractivity contribution in [1.29, 1.82) is 0 Å². The molecule has 1 aromatic rings. The molecule has 1 aromatic heterocycles. The van der Waals surface area contributed by atoms with Gasteiger partial charge in [0.1, 0.15) is 16.0 Å². The van der Waals surface area contributed by atoms with Crippen LogP contribution < -0.4 is 11.4 Å². The maximum absolute atomic E-state index is 12.4. The highest BCUT2D eigenvalue weighted by atomic mass is 127. The number of anilines is 1. The molecule has 1 aliphatic heterocycles. The summed E-state index contributed by atoms with van der Waals surface area (Å²) < 4.78 is 19.6. The summed E-state index contributed by atoms with van der Waals surface area (Å²) in [5.41, 5.74) is 5.24. The first-order chi connectivity index (χ1) is 17.0. The lowest BCUT2D eigenvalue weighted by atomic mass is 10.0. The molecule has 2 heterocycles. The summed E-state index contributed by atoms with van der Waals surface area (Å²) >= 11 is 2.23. The van der Waals surface area contributed by atoms with Crippen molar-refractivity contribution in [3.8, 4) is 0 Å². The maximum atomic E-state index is 12.4. The summed E-state index contributed by atoms with van der Waals surface area (Å²) in [6.45, 7) is 5.43. The van der Waals surface area contributed by atoms with Crippen LogP contribution in [-0.4, -0.2) is 39.1 Å². The summed E-state index contributed by atoms with van der Waals surface area (Å²) in [6, 6.07) is 1.62. The van der Waals surface area contributed by atoms with Gasteiger partial charge in [-0.3, -0.25) is 4.57 Å². The Kier molecular flexibility index (Phi) is 16.1. The zero-order chi connectivity index (χ0) is 25.3. The third kappa shape index (κ3) is 12.9. The summed E-state index contributed by atoms with van der Waals surface area (Å²) in [6.07, 6.45) is 20.2. The second-order valence-corrected chi connectivity index (χ2v) is 11.6. The fraction of sp³-hybridized carbons (Fsp3) is 0.852. The van der Waals surface area contributed by atoms with Gasteiger partial charge in [0.2, 0.25) is 0 Å². The number of nitrogen functional groups attached to an aromatic ring is 1. The highest BCUT2D eigenvalue weighted by molar-refractivity contribution is 14.1. The number of alkyl halides is 1. The van der Waals surface area contributed by atoms with Crippen molar-refractivity contribution in [2.24, 2.45) is 0 Å². The van der Waals surface area contributed by atoms with Crippen LogP contribution in [0.25, 0.3) is 0 Å². The Morgan fingerprint density at radius 2 is 1.63 bits per heavy atom. The highest BCUT2D eigenvalue weighted by Crippen LogP contribution is 2.31. The molecule has 1 saturated heterocycles. The Morgan fingerprint density at radius 1 is 1.06 bits per heavy atom. The quantitative estimate of drug-likeness (QED) is 0.100. The normalized spacial score (nSPS) is 20.9. The monoisotopic (exact) mass is 605 g/mol. The minimum absolute atomic E-state index is 0.103. The van der Waals surface area contributed by atoms with Crippen molar-refractivity contribution in [1.82, 2.24) is 9.55 Å². The van der Waals surface area contributed by atoms with E-state index in [1.165, 1.54) is 88.0 Å². The van der Waals surface area contributed by atoms with Crippen LogP contribution in [-0.2, 0) is 14.2 Å². The molecule has 1 aliphatic rings. The Balaban J connectivity index is 1.60. The number of hydrogen-bond acceptors (Lipinski definition) is 6. The second kappa shape index (κ2) is 18.5. The molecule has 0 saturated carbocycles. The molecular weight excluding hydrogens is 557 g/mol. The molecule has 2 unspecified atom stereocenters. The van der Waals surface area contributed by atoms with Crippen molar-refractivity contribution >= 4 is 28.4 Å². The first-order valence-electron chi connectivity index (χ1n) is 13.9. The van der Waals surface area contributed by atoms with Crippen molar-refractivity contribution < 1.29 is 14.2 Å². The molecule has 1 fully saturated rings. The summed E-state index contributed by atoms with van der Waals surface area (Å²) in [4.78, 5) is 16.2. The van der Waals surface area contributed by atoms with E-state index >= 15 is 0 Å². The minimum atomic E-state index is -0.500. The number of ether oxygens (including phenoxy) is 3. The molecule has 7 nitrogen and oxygen atoms in total. The molecule has 35 heavy (non-hydrogen) atoms. The van der Waals surface area contributed by atoms with E-state index < -0.39 is 11.9 Å². The maximum Gasteiger partial charge on any atom is 0.351 e. The van der Waals surface area contributed by atoms with E-state index in [-0.39, 0.29) is 22.1 Å². The predicted octanol–water partition coefficient (Wildman–Crippen LogP) is 6.78. The Hall–Kier alpha value is -0.710. The number of unbranched alkanes of at least 4 members (excludes halogenated alkanes) is 13. The zero-order valence-corrected chi connectivity index (χ0v) is 24.1. The molecule has 0 aromatic carbocycles. The molecule has 0 aliphatic carbocycles. The fourth-order valence-corrected chi connectivity index (χ4v) is 4.82. The van der Waals surface area contributed by atoms with Crippen LogP contribution in [0.15, 0.2) is 17.1 Å². The summed E-state index contributed by atoms with van der Waals surface area (Å²) in [5, 5.41) is 0. The van der Waals surface area contributed by atoms with Gasteiger partial charge in [-0.25, -0.2) is 4.79 Å². The molecule has 0 bridgehead atoms. The molecular formula is C27H48IN3O4. The van der Waals surface area contributed by atoms with E-state index in [1.54, 1.807) is 12.3 Å². The van der Waals surface area contributed by atoms with E-state index in [1.807, 2.05) is 6.92 Å². The molecule has 0 amide bonds. The van der Waals surface area contributed by atoms with E-state index in [0.717, 1.165) is 6.42 Å². The zero-order valence-electron chi connectivity index (χ0n) is 22.0. The number of nitrogens with zero attached hydrogens (tertiary/aromatic N) is 2. The van der Waals surface area contributed by atoms with Gasteiger partial charge in [-0.05, 0) is 19.4 Å². The average Bonchev–Trinajstić information content (AvgIpc) is 3.23. The second-order valence-electron chi connectivity index (χ2n) is 9.81. The molecule has 2 N–H and O–H groups in total. The van der Waals surface area contributed by atoms with Gasteiger partial charge < -0.3 is 19.9 Å². The molecule has 0 radical (unpaired) electrons. The number of nitrogens with two attached hydrogens (primary N) is 1. The minimum Gasteiger partial charge on any atom is -0.383 e. The first kappa shape index (κ1) is 30.5. The van der Waals surface area contributed by atoms with Gasteiger partial charge in [0.25, 0.3) is 0 Å². The lowest BCUT2D eigenvalue weighted by Crippen LogP contribution is -2.33. The van der Waals surface area contributed by atoms with Gasteiger partial charge in [0.05, 0.1) is 12.7 Å². The Morgan fingerprint density at radius 3 is 2.17 bits per heavy atom. The smallest absolute Gasteiger partial charge is 0.351 e. The number of halogens is 1. The van der Waals surface area contributed by atoms with Gasteiger partial charge in [0.15, 0.2) is 6.23 Å². The molecule has 202 valence electrons. The highest BCUT2D eigenvalue weighted by Gasteiger charge is 2.38. The Bertz CT molecular complexity index is 731. The van der Waals surface area contributed by atoms with E-state index in [4.69, 9.17) is 19.9 Å². The SMILES string of the molecule is CCCCCCCCCCCCCCCCOC1C[C@@H](COC(C)I)O[C@H]1n1ccc(N)nc1=O. The fourth-order valence-electron chi connectivity index (χ4n) is 4.61. The van der Waals surface area contributed by atoms with Gasteiger partial charge in [-0.15, -0.1) is 0 Å². The Labute approximate surface area is 226 Å². The van der Waals surface area contributed by atoms with Gasteiger partial charge in [-0.1, -0.05) is 113 Å². The number of rotatable bonds is 20. The van der Waals surface area contributed by atoms with Gasteiger partial charge >= 0.3 is 5.69 Å². The number of aromatic nitrogens is 2. The number of hydrogen-bond donors (Lipinski definition) is 1. The van der Waals surface area contributed by atoms with E-state index in [0.29, 0.717) is 19.6 Å². The molecule has 4 atom stereocenters. The lowest BCUT2D eigenvalue weighted by molar-refractivity contribution is -0.0798. The van der Waals surface area contributed by atoms with Crippen molar-refractivity contribution in [2.75, 3.05) is 18.9 Å². The molecule has 0 spiro atoms. The van der Waals surface area contributed by atoms with Crippen molar-refractivity contribution in [2.45, 2.75) is 133 Å². The lowest BCUT2D eigenvalue weighted by Gasteiger charge is -2.21.